The van der Waals surface area contributed by atoms with Gasteiger partial charge in [-0.2, -0.15) is 0 Å². The SMILES string of the molecule is Cc1sc2ncn(Cc3ccc(C(=O)[O-])cc3)c(=O)c2c1-c1ccc(Br)cc1. The van der Waals surface area contributed by atoms with E-state index >= 15 is 0 Å². The van der Waals surface area contributed by atoms with Gasteiger partial charge in [0, 0.05) is 14.9 Å². The average Bonchev–Trinajstić information content (AvgIpc) is 3.02. The number of aryl methyl sites for hydroxylation is 1. The minimum absolute atomic E-state index is 0.107. The molecule has 2 aromatic carbocycles. The van der Waals surface area contributed by atoms with Crippen LogP contribution in [-0.4, -0.2) is 15.5 Å². The number of thiophene rings is 1. The molecule has 28 heavy (non-hydrogen) atoms. The van der Waals surface area contributed by atoms with E-state index in [0.29, 0.717) is 16.8 Å². The largest absolute Gasteiger partial charge is 0.545 e. The molecule has 0 atom stereocenters. The third-order valence-electron chi connectivity index (χ3n) is 4.53. The molecule has 2 aromatic heterocycles. The van der Waals surface area contributed by atoms with Crippen molar-refractivity contribution < 1.29 is 9.90 Å². The minimum Gasteiger partial charge on any atom is -0.545 e. The van der Waals surface area contributed by atoms with Crippen LogP contribution in [0.1, 0.15) is 20.8 Å². The molecule has 4 rings (SSSR count). The Morgan fingerprint density at radius 1 is 1.14 bits per heavy atom. The maximum Gasteiger partial charge on any atom is 0.263 e. The number of hydrogen-bond acceptors (Lipinski definition) is 5. The van der Waals surface area contributed by atoms with Gasteiger partial charge >= 0.3 is 0 Å². The molecule has 140 valence electrons. The lowest BCUT2D eigenvalue weighted by molar-refractivity contribution is -0.255. The lowest BCUT2D eigenvalue weighted by atomic mass is 10.0. The fourth-order valence-corrected chi connectivity index (χ4v) is 4.42. The average molecular weight is 454 g/mol. The van der Waals surface area contributed by atoms with E-state index in [1.54, 1.807) is 23.0 Å². The maximum atomic E-state index is 13.2. The fraction of sp³-hybridized carbons (Fsp3) is 0.0952. The van der Waals surface area contributed by atoms with E-state index in [-0.39, 0.29) is 11.1 Å². The van der Waals surface area contributed by atoms with E-state index in [1.165, 1.54) is 23.5 Å². The first-order valence-electron chi connectivity index (χ1n) is 8.49. The van der Waals surface area contributed by atoms with Crippen LogP contribution in [-0.2, 0) is 6.54 Å². The van der Waals surface area contributed by atoms with Gasteiger partial charge in [0.05, 0.1) is 24.2 Å². The molecule has 0 unspecified atom stereocenters. The van der Waals surface area contributed by atoms with Crippen LogP contribution in [0.5, 0.6) is 0 Å². The normalized spacial score (nSPS) is 11.1. The molecule has 0 aliphatic carbocycles. The second-order valence-electron chi connectivity index (χ2n) is 6.38. The van der Waals surface area contributed by atoms with Crippen LogP contribution in [0.4, 0.5) is 0 Å². The summed E-state index contributed by atoms with van der Waals surface area (Å²) in [6, 6.07) is 14.2. The fourth-order valence-electron chi connectivity index (χ4n) is 3.16. The molecule has 0 saturated carbocycles. The number of halogens is 1. The number of aromatic nitrogens is 2. The van der Waals surface area contributed by atoms with E-state index in [2.05, 4.69) is 20.9 Å². The van der Waals surface area contributed by atoms with Gasteiger partial charge in [-0.3, -0.25) is 9.36 Å². The monoisotopic (exact) mass is 453 g/mol. The molecule has 0 fully saturated rings. The molecule has 7 heteroatoms. The number of carbonyl (C=O) groups excluding carboxylic acids is 1. The highest BCUT2D eigenvalue weighted by molar-refractivity contribution is 9.10. The number of fused-ring (bicyclic) bond motifs is 1. The van der Waals surface area contributed by atoms with Crippen LogP contribution in [0, 0.1) is 6.92 Å². The van der Waals surface area contributed by atoms with Crippen LogP contribution >= 0.6 is 27.3 Å². The zero-order chi connectivity index (χ0) is 19.8. The molecule has 4 aromatic rings. The summed E-state index contributed by atoms with van der Waals surface area (Å²) in [7, 11) is 0. The van der Waals surface area contributed by atoms with Crippen molar-refractivity contribution in [2.45, 2.75) is 13.5 Å². The number of carboxylic acids is 1. The third-order valence-corrected chi connectivity index (χ3v) is 6.07. The summed E-state index contributed by atoms with van der Waals surface area (Å²) < 4.78 is 2.52. The predicted molar refractivity (Wildman–Crippen MR) is 112 cm³/mol. The van der Waals surface area contributed by atoms with E-state index in [4.69, 9.17) is 0 Å². The Bertz CT molecular complexity index is 1240. The highest BCUT2D eigenvalue weighted by Crippen LogP contribution is 2.35. The molecule has 0 aliphatic heterocycles. The van der Waals surface area contributed by atoms with Crippen molar-refractivity contribution in [2.75, 3.05) is 0 Å². The van der Waals surface area contributed by atoms with Gasteiger partial charge in [-0.25, -0.2) is 4.98 Å². The van der Waals surface area contributed by atoms with Gasteiger partial charge in [-0.1, -0.05) is 52.3 Å². The van der Waals surface area contributed by atoms with Gasteiger partial charge in [0.25, 0.3) is 5.56 Å². The minimum atomic E-state index is -1.22. The second kappa shape index (κ2) is 7.33. The van der Waals surface area contributed by atoms with Gasteiger partial charge in [-0.05, 0) is 35.7 Å². The maximum absolute atomic E-state index is 13.2. The molecule has 0 amide bonds. The molecule has 0 saturated heterocycles. The first-order chi connectivity index (χ1) is 13.4. The zero-order valence-electron chi connectivity index (χ0n) is 14.8. The van der Waals surface area contributed by atoms with E-state index < -0.39 is 5.97 Å². The Morgan fingerprint density at radius 2 is 1.82 bits per heavy atom. The van der Waals surface area contributed by atoms with Crippen LogP contribution < -0.4 is 10.7 Å². The molecule has 0 radical (unpaired) electrons. The molecular formula is C21H14BrN2O3S-. The standard InChI is InChI=1S/C21H15BrN2O3S/c1-12-17(14-6-8-16(22)9-7-14)18-19(28-12)23-11-24(20(18)25)10-13-2-4-15(5-3-13)21(26)27/h2-9,11H,10H2,1H3,(H,26,27)/p-1. The number of carbonyl (C=O) groups is 1. The molecule has 2 heterocycles. The molecule has 0 bridgehead atoms. The van der Waals surface area contributed by atoms with Crippen LogP contribution in [0.3, 0.4) is 0 Å². The summed E-state index contributed by atoms with van der Waals surface area (Å²) in [5.74, 6) is -1.22. The van der Waals surface area contributed by atoms with Gasteiger partial charge in [-0.15, -0.1) is 11.3 Å². The van der Waals surface area contributed by atoms with Crippen molar-refractivity contribution >= 4 is 43.5 Å². The quantitative estimate of drug-likeness (QED) is 0.472. The summed E-state index contributed by atoms with van der Waals surface area (Å²) in [4.78, 5) is 30.3. The van der Waals surface area contributed by atoms with Crippen LogP contribution in [0.2, 0.25) is 0 Å². The number of rotatable bonds is 4. The number of carboxylic acid groups (broad SMARTS) is 1. The van der Waals surface area contributed by atoms with Crippen molar-refractivity contribution in [1.82, 2.24) is 9.55 Å². The lowest BCUT2D eigenvalue weighted by Gasteiger charge is -2.08. The van der Waals surface area contributed by atoms with Crippen molar-refractivity contribution in [3.8, 4) is 11.1 Å². The summed E-state index contributed by atoms with van der Waals surface area (Å²) >= 11 is 4.94. The van der Waals surface area contributed by atoms with Gasteiger partial charge < -0.3 is 9.90 Å². The Hall–Kier alpha value is -2.77. The summed E-state index contributed by atoms with van der Waals surface area (Å²) in [5, 5.41) is 11.5. The second-order valence-corrected chi connectivity index (χ2v) is 8.50. The zero-order valence-corrected chi connectivity index (χ0v) is 17.2. The van der Waals surface area contributed by atoms with Gasteiger partial charge in [0.1, 0.15) is 4.83 Å². The molecule has 0 spiro atoms. The Kier molecular flexibility index (Phi) is 4.87. The Labute approximate surface area is 173 Å². The van der Waals surface area contributed by atoms with Crippen LogP contribution in [0.25, 0.3) is 21.3 Å². The van der Waals surface area contributed by atoms with E-state index in [0.717, 1.165) is 26.0 Å². The first-order valence-corrected chi connectivity index (χ1v) is 10.1. The van der Waals surface area contributed by atoms with Crippen molar-refractivity contribution in [3.63, 3.8) is 0 Å². The topological polar surface area (TPSA) is 75.0 Å². The number of nitrogens with zero attached hydrogens (tertiary/aromatic N) is 2. The molecule has 0 N–H and O–H groups in total. The van der Waals surface area contributed by atoms with Gasteiger partial charge in [0.2, 0.25) is 0 Å². The Morgan fingerprint density at radius 3 is 2.46 bits per heavy atom. The molecule has 0 aliphatic rings. The summed E-state index contributed by atoms with van der Waals surface area (Å²) in [5.41, 5.74) is 2.69. The van der Waals surface area contributed by atoms with Crippen molar-refractivity contribution in [3.05, 3.63) is 85.7 Å². The van der Waals surface area contributed by atoms with Crippen LogP contribution in [0.15, 0.2) is 64.1 Å². The third kappa shape index (κ3) is 3.39. The smallest absolute Gasteiger partial charge is 0.263 e. The first kappa shape index (κ1) is 18.6. The molecule has 5 nitrogen and oxygen atoms in total. The van der Waals surface area contributed by atoms with Crippen molar-refractivity contribution in [1.29, 1.82) is 0 Å². The summed E-state index contributed by atoms with van der Waals surface area (Å²) in [6.07, 6.45) is 1.54. The van der Waals surface area contributed by atoms with Gasteiger partial charge in [0.15, 0.2) is 0 Å². The van der Waals surface area contributed by atoms with Crippen molar-refractivity contribution in [2.24, 2.45) is 0 Å². The lowest BCUT2D eigenvalue weighted by Crippen LogP contribution is -2.22. The molecular weight excluding hydrogens is 440 g/mol. The number of benzene rings is 2. The summed E-state index contributed by atoms with van der Waals surface area (Å²) in [6.45, 7) is 2.30. The van der Waals surface area contributed by atoms with E-state index in [1.807, 2.05) is 31.2 Å². The Balaban J connectivity index is 1.80. The number of hydrogen-bond donors (Lipinski definition) is 0. The predicted octanol–water partition coefficient (Wildman–Crippen LogP) is 3.61. The highest BCUT2D eigenvalue weighted by Gasteiger charge is 2.17. The highest BCUT2D eigenvalue weighted by atomic mass is 79.9. The number of aromatic carboxylic acids is 1. The van der Waals surface area contributed by atoms with E-state index in [9.17, 15) is 14.7 Å².